The largest absolute Gasteiger partial charge is 0.384 e. The van der Waals surface area contributed by atoms with Crippen molar-refractivity contribution in [1.29, 1.82) is 0 Å². The van der Waals surface area contributed by atoms with Crippen LogP contribution in [0.25, 0.3) is 0 Å². The van der Waals surface area contributed by atoms with Gasteiger partial charge in [-0.2, -0.15) is 0 Å². The lowest BCUT2D eigenvalue weighted by Crippen LogP contribution is -1.99. The molecular formula is C10H15N3O2. The van der Waals surface area contributed by atoms with Gasteiger partial charge in [-0.1, -0.05) is 19.8 Å². The second kappa shape index (κ2) is 5.29. The molecule has 0 spiro atoms. The molecule has 0 amide bonds. The Morgan fingerprint density at radius 2 is 2.27 bits per heavy atom. The minimum absolute atomic E-state index is 0.0697. The topological polar surface area (TPSA) is 82.0 Å². The van der Waals surface area contributed by atoms with Gasteiger partial charge in [0.1, 0.15) is 12.0 Å². The maximum Gasteiger partial charge on any atom is 0.290 e. The number of hydrogen-bond donors (Lipinski definition) is 1. The van der Waals surface area contributed by atoms with E-state index >= 15 is 0 Å². The van der Waals surface area contributed by atoms with E-state index in [4.69, 9.17) is 5.73 Å². The molecule has 0 bridgehead atoms. The smallest absolute Gasteiger partial charge is 0.290 e. The first-order valence-electron chi connectivity index (χ1n) is 5.04. The van der Waals surface area contributed by atoms with Crippen LogP contribution in [0.4, 0.5) is 11.5 Å². The number of rotatable bonds is 5. The maximum atomic E-state index is 10.7. The summed E-state index contributed by atoms with van der Waals surface area (Å²) in [5.41, 5.74) is 6.25. The summed E-state index contributed by atoms with van der Waals surface area (Å²) in [6, 6.07) is 1.59. The Morgan fingerprint density at radius 3 is 2.87 bits per heavy atom. The van der Waals surface area contributed by atoms with Crippen LogP contribution in [0.15, 0.2) is 12.3 Å². The van der Waals surface area contributed by atoms with Crippen molar-refractivity contribution >= 4 is 11.5 Å². The predicted octanol–water partition coefficient (Wildman–Crippen LogP) is 2.30. The maximum absolute atomic E-state index is 10.7. The Labute approximate surface area is 88.5 Å². The Kier molecular flexibility index (Phi) is 4.03. The van der Waals surface area contributed by atoms with Crippen LogP contribution >= 0.6 is 0 Å². The molecule has 5 nitrogen and oxygen atoms in total. The number of nitrogen functional groups attached to an aromatic ring is 1. The van der Waals surface area contributed by atoms with Crippen LogP contribution in [0.2, 0.25) is 0 Å². The van der Waals surface area contributed by atoms with Gasteiger partial charge in [-0.15, -0.1) is 0 Å². The van der Waals surface area contributed by atoms with Crippen molar-refractivity contribution in [3.05, 3.63) is 27.9 Å². The molecule has 1 aromatic heterocycles. The van der Waals surface area contributed by atoms with E-state index in [1.807, 2.05) is 0 Å². The third kappa shape index (κ3) is 3.19. The molecule has 0 radical (unpaired) electrons. The van der Waals surface area contributed by atoms with Crippen LogP contribution in [-0.4, -0.2) is 9.91 Å². The van der Waals surface area contributed by atoms with Gasteiger partial charge in [0.2, 0.25) is 0 Å². The SMILES string of the molecule is CCCCCc1cc(N)ncc1[N+](=O)[O-]. The summed E-state index contributed by atoms with van der Waals surface area (Å²) < 4.78 is 0. The number of anilines is 1. The van der Waals surface area contributed by atoms with E-state index in [1.54, 1.807) is 6.07 Å². The second-order valence-electron chi connectivity index (χ2n) is 3.45. The van der Waals surface area contributed by atoms with Crippen molar-refractivity contribution in [3.63, 3.8) is 0 Å². The third-order valence-corrected chi connectivity index (χ3v) is 2.23. The van der Waals surface area contributed by atoms with Gasteiger partial charge in [0.05, 0.1) is 4.92 Å². The van der Waals surface area contributed by atoms with Crippen LogP contribution in [0.3, 0.4) is 0 Å². The van der Waals surface area contributed by atoms with E-state index in [0.29, 0.717) is 17.8 Å². The summed E-state index contributed by atoms with van der Waals surface area (Å²) in [6.45, 7) is 2.09. The number of pyridine rings is 1. The van der Waals surface area contributed by atoms with Crippen LogP contribution in [0.5, 0.6) is 0 Å². The van der Waals surface area contributed by atoms with E-state index < -0.39 is 4.92 Å². The molecule has 0 saturated heterocycles. The zero-order chi connectivity index (χ0) is 11.3. The lowest BCUT2D eigenvalue weighted by atomic mass is 10.1. The molecule has 0 aliphatic rings. The fourth-order valence-corrected chi connectivity index (χ4v) is 1.44. The molecule has 1 aromatic rings. The number of nitro groups is 1. The van der Waals surface area contributed by atoms with Crippen molar-refractivity contribution in [2.45, 2.75) is 32.6 Å². The van der Waals surface area contributed by atoms with Gasteiger partial charge in [-0.05, 0) is 18.9 Å². The number of hydrogen-bond acceptors (Lipinski definition) is 4. The Hall–Kier alpha value is -1.65. The minimum atomic E-state index is -0.409. The van der Waals surface area contributed by atoms with E-state index in [-0.39, 0.29) is 5.69 Å². The Balaban J connectivity index is 2.82. The molecule has 1 rings (SSSR count). The number of nitrogens with zero attached hydrogens (tertiary/aromatic N) is 2. The zero-order valence-corrected chi connectivity index (χ0v) is 8.77. The van der Waals surface area contributed by atoms with Crippen molar-refractivity contribution in [2.24, 2.45) is 0 Å². The number of aryl methyl sites for hydroxylation is 1. The summed E-state index contributed by atoms with van der Waals surface area (Å²) in [5, 5.41) is 10.7. The molecule has 82 valence electrons. The highest BCUT2D eigenvalue weighted by Gasteiger charge is 2.13. The van der Waals surface area contributed by atoms with E-state index in [0.717, 1.165) is 19.3 Å². The first-order chi connectivity index (χ1) is 7.15. The zero-order valence-electron chi connectivity index (χ0n) is 8.77. The van der Waals surface area contributed by atoms with Gasteiger partial charge in [0.25, 0.3) is 5.69 Å². The molecule has 0 aliphatic heterocycles. The molecular weight excluding hydrogens is 194 g/mol. The van der Waals surface area contributed by atoms with Crippen molar-refractivity contribution < 1.29 is 4.92 Å². The third-order valence-electron chi connectivity index (χ3n) is 2.23. The van der Waals surface area contributed by atoms with Crippen LogP contribution < -0.4 is 5.73 Å². The van der Waals surface area contributed by atoms with Crippen LogP contribution in [0, 0.1) is 10.1 Å². The minimum Gasteiger partial charge on any atom is -0.384 e. The fourth-order valence-electron chi connectivity index (χ4n) is 1.44. The molecule has 0 atom stereocenters. The molecule has 5 heteroatoms. The van der Waals surface area contributed by atoms with Gasteiger partial charge in [0, 0.05) is 5.56 Å². The van der Waals surface area contributed by atoms with E-state index in [2.05, 4.69) is 11.9 Å². The summed E-state index contributed by atoms with van der Waals surface area (Å²) in [6.07, 6.45) is 5.03. The van der Waals surface area contributed by atoms with Gasteiger partial charge in [0.15, 0.2) is 0 Å². The van der Waals surface area contributed by atoms with Crippen LogP contribution in [0.1, 0.15) is 31.7 Å². The summed E-state index contributed by atoms with van der Waals surface area (Å²) in [5.74, 6) is 0.340. The summed E-state index contributed by atoms with van der Waals surface area (Å²) in [7, 11) is 0. The first kappa shape index (κ1) is 11.4. The lowest BCUT2D eigenvalue weighted by molar-refractivity contribution is -0.385. The highest BCUT2D eigenvalue weighted by Crippen LogP contribution is 2.21. The highest BCUT2D eigenvalue weighted by atomic mass is 16.6. The molecule has 1 heterocycles. The van der Waals surface area contributed by atoms with Crippen LogP contribution in [-0.2, 0) is 6.42 Å². The molecule has 0 unspecified atom stereocenters. The molecule has 0 aliphatic carbocycles. The monoisotopic (exact) mass is 209 g/mol. The summed E-state index contributed by atoms with van der Waals surface area (Å²) in [4.78, 5) is 14.0. The Morgan fingerprint density at radius 1 is 1.53 bits per heavy atom. The Bertz CT molecular complexity index is 353. The lowest BCUT2D eigenvalue weighted by Gasteiger charge is -2.02. The van der Waals surface area contributed by atoms with E-state index in [9.17, 15) is 10.1 Å². The van der Waals surface area contributed by atoms with E-state index in [1.165, 1.54) is 6.20 Å². The number of unbranched alkanes of at least 4 members (excludes halogenated alkanes) is 2. The normalized spacial score (nSPS) is 10.2. The first-order valence-corrected chi connectivity index (χ1v) is 5.04. The molecule has 0 aromatic carbocycles. The quantitative estimate of drug-likeness (QED) is 0.458. The number of nitrogens with two attached hydrogens (primary N) is 1. The van der Waals surface area contributed by atoms with Crippen molar-refractivity contribution in [3.8, 4) is 0 Å². The van der Waals surface area contributed by atoms with Gasteiger partial charge in [-0.25, -0.2) is 4.98 Å². The van der Waals surface area contributed by atoms with Crippen molar-refractivity contribution in [1.82, 2.24) is 4.98 Å². The molecule has 0 fully saturated rings. The average Bonchev–Trinajstić information content (AvgIpc) is 2.18. The van der Waals surface area contributed by atoms with Gasteiger partial charge in [-0.3, -0.25) is 10.1 Å². The highest BCUT2D eigenvalue weighted by molar-refractivity contribution is 5.45. The average molecular weight is 209 g/mol. The predicted molar refractivity (Wildman–Crippen MR) is 58.5 cm³/mol. The number of aromatic nitrogens is 1. The fraction of sp³-hybridized carbons (Fsp3) is 0.500. The van der Waals surface area contributed by atoms with Gasteiger partial charge >= 0.3 is 0 Å². The molecule has 2 N–H and O–H groups in total. The standard InChI is InChI=1S/C10H15N3O2/c1-2-3-4-5-8-6-10(11)12-7-9(8)13(14)15/h6-7H,2-5H2,1H3,(H2,11,12). The second-order valence-corrected chi connectivity index (χ2v) is 3.45. The van der Waals surface area contributed by atoms with Crippen molar-refractivity contribution in [2.75, 3.05) is 5.73 Å². The van der Waals surface area contributed by atoms with Gasteiger partial charge < -0.3 is 5.73 Å². The molecule has 0 saturated carbocycles. The summed E-state index contributed by atoms with van der Waals surface area (Å²) >= 11 is 0. The molecule has 15 heavy (non-hydrogen) atoms.